The average Bonchev–Trinajstić information content (AvgIpc) is 2.30. The SMILES string of the molecule is CCCCCCCCCCNCCCC(N)=O. The largest absolute Gasteiger partial charge is 0.370 e. The summed E-state index contributed by atoms with van der Waals surface area (Å²) in [7, 11) is 0. The van der Waals surface area contributed by atoms with Gasteiger partial charge in [-0.3, -0.25) is 4.79 Å². The third-order valence-corrected chi connectivity index (χ3v) is 2.98. The number of carbonyl (C=O) groups is 1. The average molecular weight is 242 g/mol. The highest BCUT2D eigenvalue weighted by molar-refractivity contribution is 5.73. The molecule has 0 fully saturated rings. The van der Waals surface area contributed by atoms with Gasteiger partial charge in [-0.15, -0.1) is 0 Å². The van der Waals surface area contributed by atoms with Gasteiger partial charge in [0.1, 0.15) is 0 Å². The molecule has 0 aromatic carbocycles. The molecule has 0 heterocycles. The summed E-state index contributed by atoms with van der Waals surface area (Å²) in [5.74, 6) is -0.195. The van der Waals surface area contributed by atoms with Gasteiger partial charge in [0, 0.05) is 6.42 Å². The monoisotopic (exact) mass is 242 g/mol. The molecule has 0 aromatic rings. The van der Waals surface area contributed by atoms with E-state index in [0.717, 1.165) is 19.5 Å². The molecule has 0 aromatic heterocycles. The molecular formula is C14H30N2O. The van der Waals surface area contributed by atoms with Gasteiger partial charge in [-0.1, -0.05) is 51.9 Å². The molecule has 0 bridgehead atoms. The van der Waals surface area contributed by atoms with Crippen molar-refractivity contribution in [1.29, 1.82) is 0 Å². The van der Waals surface area contributed by atoms with E-state index in [1.54, 1.807) is 0 Å². The first-order valence-electron chi connectivity index (χ1n) is 7.26. The van der Waals surface area contributed by atoms with E-state index in [0.29, 0.717) is 6.42 Å². The second-order valence-corrected chi connectivity index (χ2v) is 4.79. The summed E-state index contributed by atoms with van der Waals surface area (Å²) in [5.41, 5.74) is 5.06. The van der Waals surface area contributed by atoms with Crippen molar-refractivity contribution < 1.29 is 4.79 Å². The van der Waals surface area contributed by atoms with Gasteiger partial charge in [0.2, 0.25) is 5.91 Å². The van der Waals surface area contributed by atoms with Crippen LogP contribution in [0.5, 0.6) is 0 Å². The summed E-state index contributed by atoms with van der Waals surface area (Å²) in [6.45, 7) is 4.25. The van der Waals surface area contributed by atoms with Gasteiger partial charge in [0.25, 0.3) is 0 Å². The predicted molar refractivity (Wildman–Crippen MR) is 73.9 cm³/mol. The van der Waals surface area contributed by atoms with Crippen molar-refractivity contribution >= 4 is 5.91 Å². The van der Waals surface area contributed by atoms with Crippen molar-refractivity contribution in [2.75, 3.05) is 13.1 Å². The zero-order valence-electron chi connectivity index (χ0n) is 11.5. The van der Waals surface area contributed by atoms with Gasteiger partial charge in [-0.25, -0.2) is 0 Å². The number of hydrogen-bond acceptors (Lipinski definition) is 2. The molecule has 0 unspecified atom stereocenters. The van der Waals surface area contributed by atoms with Crippen molar-refractivity contribution in [3.05, 3.63) is 0 Å². The minimum Gasteiger partial charge on any atom is -0.370 e. The zero-order chi connectivity index (χ0) is 12.8. The van der Waals surface area contributed by atoms with E-state index in [1.807, 2.05) is 0 Å². The first-order chi connectivity index (χ1) is 8.27. The van der Waals surface area contributed by atoms with Crippen LogP contribution in [0.2, 0.25) is 0 Å². The van der Waals surface area contributed by atoms with E-state index in [9.17, 15) is 4.79 Å². The minimum atomic E-state index is -0.195. The lowest BCUT2D eigenvalue weighted by molar-refractivity contribution is -0.118. The van der Waals surface area contributed by atoms with Gasteiger partial charge in [-0.05, 0) is 25.9 Å². The Hall–Kier alpha value is -0.570. The lowest BCUT2D eigenvalue weighted by atomic mass is 10.1. The number of carbonyl (C=O) groups excluding carboxylic acids is 1. The van der Waals surface area contributed by atoms with Gasteiger partial charge in [0.05, 0.1) is 0 Å². The maximum Gasteiger partial charge on any atom is 0.217 e. The van der Waals surface area contributed by atoms with Crippen LogP contribution in [0.15, 0.2) is 0 Å². The van der Waals surface area contributed by atoms with Crippen LogP contribution in [0.25, 0.3) is 0 Å². The molecule has 0 radical (unpaired) electrons. The molecule has 0 saturated heterocycles. The molecule has 3 heteroatoms. The van der Waals surface area contributed by atoms with Crippen molar-refractivity contribution in [2.45, 2.75) is 71.1 Å². The maximum atomic E-state index is 10.5. The lowest BCUT2D eigenvalue weighted by Crippen LogP contribution is -2.19. The van der Waals surface area contributed by atoms with E-state index in [-0.39, 0.29) is 5.91 Å². The minimum absolute atomic E-state index is 0.195. The van der Waals surface area contributed by atoms with E-state index < -0.39 is 0 Å². The Bertz CT molecular complexity index is 172. The molecule has 0 spiro atoms. The molecule has 17 heavy (non-hydrogen) atoms. The standard InChI is InChI=1S/C14H30N2O/c1-2-3-4-5-6-7-8-9-12-16-13-10-11-14(15)17/h16H,2-13H2,1H3,(H2,15,17). The normalized spacial score (nSPS) is 10.6. The Balaban J connectivity index is 2.91. The molecule has 0 aliphatic rings. The number of unbranched alkanes of at least 4 members (excludes halogenated alkanes) is 7. The zero-order valence-corrected chi connectivity index (χ0v) is 11.5. The Labute approximate surface area is 107 Å². The van der Waals surface area contributed by atoms with Crippen LogP contribution in [0.1, 0.15) is 71.1 Å². The molecule has 0 aliphatic carbocycles. The topological polar surface area (TPSA) is 55.1 Å². The van der Waals surface area contributed by atoms with Crippen molar-refractivity contribution in [1.82, 2.24) is 5.32 Å². The lowest BCUT2D eigenvalue weighted by Gasteiger charge is -2.04. The van der Waals surface area contributed by atoms with Crippen LogP contribution >= 0.6 is 0 Å². The van der Waals surface area contributed by atoms with Crippen molar-refractivity contribution in [2.24, 2.45) is 5.73 Å². The van der Waals surface area contributed by atoms with E-state index in [2.05, 4.69) is 12.2 Å². The summed E-state index contributed by atoms with van der Waals surface area (Å²) in [5, 5.41) is 3.34. The molecule has 0 saturated carbocycles. The molecule has 0 rings (SSSR count). The highest BCUT2D eigenvalue weighted by Gasteiger charge is 1.94. The summed E-state index contributed by atoms with van der Waals surface area (Å²) < 4.78 is 0. The number of nitrogens with one attached hydrogen (secondary N) is 1. The second-order valence-electron chi connectivity index (χ2n) is 4.79. The number of nitrogens with two attached hydrogens (primary N) is 1. The molecule has 3 N–H and O–H groups in total. The fraction of sp³-hybridized carbons (Fsp3) is 0.929. The Kier molecular flexibility index (Phi) is 13.0. The first-order valence-corrected chi connectivity index (χ1v) is 7.26. The molecule has 0 atom stereocenters. The first kappa shape index (κ1) is 16.4. The molecular weight excluding hydrogens is 212 g/mol. The highest BCUT2D eigenvalue weighted by atomic mass is 16.1. The number of primary amides is 1. The van der Waals surface area contributed by atoms with E-state index in [4.69, 9.17) is 5.73 Å². The van der Waals surface area contributed by atoms with Crippen LogP contribution in [-0.4, -0.2) is 19.0 Å². The number of rotatable bonds is 13. The summed E-state index contributed by atoms with van der Waals surface area (Å²) >= 11 is 0. The van der Waals surface area contributed by atoms with E-state index >= 15 is 0 Å². The van der Waals surface area contributed by atoms with Gasteiger partial charge in [-0.2, -0.15) is 0 Å². The van der Waals surface area contributed by atoms with E-state index in [1.165, 1.54) is 51.4 Å². The van der Waals surface area contributed by atoms with Crippen LogP contribution in [0.4, 0.5) is 0 Å². The Morgan fingerprint density at radius 2 is 1.41 bits per heavy atom. The van der Waals surface area contributed by atoms with Gasteiger partial charge < -0.3 is 11.1 Å². The van der Waals surface area contributed by atoms with Crippen molar-refractivity contribution in [3.63, 3.8) is 0 Å². The molecule has 0 aliphatic heterocycles. The molecule has 102 valence electrons. The Morgan fingerprint density at radius 1 is 0.882 bits per heavy atom. The highest BCUT2D eigenvalue weighted by Crippen LogP contribution is 2.07. The summed E-state index contributed by atoms with van der Waals surface area (Å²) in [6, 6.07) is 0. The third-order valence-electron chi connectivity index (χ3n) is 2.98. The molecule has 3 nitrogen and oxygen atoms in total. The maximum absolute atomic E-state index is 10.5. The smallest absolute Gasteiger partial charge is 0.217 e. The fourth-order valence-corrected chi connectivity index (χ4v) is 1.90. The van der Waals surface area contributed by atoms with Gasteiger partial charge >= 0.3 is 0 Å². The van der Waals surface area contributed by atoms with Crippen molar-refractivity contribution in [3.8, 4) is 0 Å². The summed E-state index contributed by atoms with van der Waals surface area (Å²) in [6.07, 6.45) is 12.2. The fourth-order valence-electron chi connectivity index (χ4n) is 1.90. The number of amides is 1. The van der Waals surface area contributed by atoms with Crippen LogP contribution in [0.3, 0.4) is 0 Å². The quantitative estimate of drug-likeness (QED) is 0.488. The number of hydrogen-bond donors (Lipinski definition) is 2. The molecule has 1 amide bonds. The van der Waals surface area contributed by atoms with Crippen LogP contribution in [0, 0.1) is 0 Å². The third kappa shape index (κ3) is 15.4. The predicted octanol–water partition coefficient (Wildman–Crippen LogP) is 2.98. The van der Waals surface area contributed by atoms with Gasteiger partial charge in [0.15, 0.2) is 0 Å². The second kappa shape index (κ2) is 13.5. The summed E-state index contributed by atoms with van der Waals surface area (Å²) in [4.78, 5) is 10.5. The van der Waals surface area contributed by atoms with Crippen LogP contribution < -0.4 is 11.1 Å². The van der Waals surface area contributed by atoms with Crippen LogP contribution in [-0.2, 0) is 4.79 Å². The Morgan fingerprint density at radius 3 is 2.00 bits per heavy atom.